The van der Waals surface area contributed by atoms with E-state index in [-0.39, 0.29) is 0 Å². The SMILES string of the molecule is CC1CCCCN1C1CCN(c2ccc(N3CCC4(CC3)CCN(C3CCC3)CC4)nc2)CC1. The van der Waals surface area contributed by atoms with Crippen molar-refractivity contribution in [1.29, 1.82) is 0 Å². The first-order valence-corrected chi connectivity index (χ1v) is 14.6. The molecule has 1 unspecified atom stereocenters. The molecule has 0 radical (unpaired) electrons. The summed E-state index contributed by atoms with van der Waals surface area (Å²) in [5.74, 6) is 1.20. The van der Waals surface area contributed by atoms with Crippen LogP contribution in [0.2, 0.25) is 0 Å². The van der Waals surface area contributed by atoms with Gasteiger partial charge in [-0.3, -0.25) is 4.90 Å². The minimum Gasteiger partial charge on any atom is -0.370 e. The Bertz CT molecular complexity index is 779. The summed E-state index contributed by atoms with van der Waals surface area (Å²) < 4.78 is 0. The van der Waals surface area contributed by atoms with E-state index in [2.05, 4.69) is 44.9 Å². The molecule has 0 N–H and O–H groups in total. The molecule has 6 rings (SSSR count). The highest BCUT2D eigenvalue weighted by molar-refractivity contribution is 5.51. The molecule has 1 spiro atoms. The summed E-state index contributed by atoms with van der Waals surface area (Å²) in [5, 5.41) is 0. The number of pyridine rings is 1. The van der Waals surface area contributed by atoms with E-state index >= 15 is 0 Å². The Balaban J connectivity index is 0.982. The van der Waals surface area contributed by atoms with E-state index in [0.29, 0.717) is 5.41 Å². The van der Waals surface area contributed by atoms with Crippen molar-refractivity contribution in [1.82, 2.24) is 14.8 Å². The predicted octanol–water partition coefficient (Wildman–Crippen LogP) is 5.16. The van der Waals surface area contributed by atoms with Gasteiger partial charge in [0, 0.05) is 44.3 Å². The Labute approximate surface area is 207 Å². The molecule has 4 aliphatic heterocycles. The molecule has 0 amide bonds. The third-order valence-corrected chi connectivity index (χ3v) is 10.5. The van der Waals surface area contributed by atoms with Crippen molar-refractivity contribution < 1.29 is 0 Å². The van der Waals surface area contributed by atoms with Crippen LogP contribution >= 0.6 is 0 Å². The van der Waals surface area contributed by atoms with E-state index in [1.54, 1.807) is 0 Å². The number of aromatic nitrogens is 1. The first-order valence-electron chi connectivity index (χ1n) is 14.6. The van der Waals surface area contributed by atoms with E-state index in [9.17, 15) is 0 Å². The van der Waals surface area contributed by atoms with E-state index in [0.717, 1.165) is 18.1 Å². The Hall–Kier alpha value is -1.33. The van der Waals surface area contributed by atoms with Gasteiger partial charge in [-0.1, -0.05) is 12.8 Å². The van der Waals surface area contributed by atoms with Gasteiger partial charge in [0.15, 0.2) is 0 Å². The molecule has 34 heavy (non-hydrogen) atoms. The van der Waals surface area contributed by atoms with Crippen LogP contribution < -0.4 is 9.80 Å². The molecule has 0 aromatic carbocycles. The van der Waals surface area contributed by atoms with Crippen LogP contribution in [-0.4, -0.2) is 78.7 Å². The normalized spacial score (nSPS) is 30.0. The first kappa shape index (κ1) is 23.1. The van der Waals surface area contributed by atoms with Crippen molar-refractivity contribution in [2.24, 2.45) is 5.41 Å². The van der Waals surface area contributed by atoms with E-state index in [4.69, 9.17) is 4.98 Å². The van der Waals surface area contributed by atoms with Crippen molar-refractivity contribution in [3.05, 3.63) is 18.3 Å². The molecule has 188 valence electrons. The standard InChI is InChI=1S/C29H47N5/c1-24-5-2-3-16-34(24)26-10-17-31(18-11-26)27-8-9-28(30-23-27)33-21-14-29(15-22-33)12-19-32(20-13-29)25-6-4-7-25/h8-9,23-26H,2-7,10-22H2,1H3. The maximum atomic E-state index is 4.95. The highest BCUT2D eigenvalue weighted by Gasteiger charge is 2.40. The fraction of sp³-hybridized carbons (Fsp3) is 0.828. The average molecular weight is 466 g/mol. The summed E-state index contributed by atoms with van der Waals surface area (Å²) in [6, 6.07) is 7.14. The van der Waals surface area contributed by atoms with Gasteiger partial charge in [0.2, 0.25) is 0 Å². The quantitative estimate of drug-likeness (QED) is 0.612. The van der Waals surface area contributed by atoms with Crippen molar-refractivity contribution in [2.75, 3.05) is 55.6 Å². The minimum atomic E-state index is 0.618. The van der Waals surface area contributed by atoms with Crippen LogP contribution in [0.15, 0.2) is 18.3 Å². The summed E-state index contributed by atoms with van der Waals surface area (Å²) in [6.45, 7) is 11.2. The van der Waals surface area contributed by atoms with Gasteiger partial charge in [0.1, 0.15) is 5.82 Å². The molecular formula is C29H47N5. The van der Waals surface area contributed by atoms with E-state index in [1.165, 1.54) is 134 Å². The maximum Gasteiger partial charge on any atom is 0.128 e. The lowest BCUT2D eigenvalue weighted by Gasteiger charge is -2.50. The highest BCUT2D eigenvalue weighted by Crippen LogP contribution is 2.43. The van der Waals surface area contributed by atoms with Gasteiger partial charge < -0.3 is 14.7 Å². The van der Waals surface area contributed by atoms with Gasteiger partial charge in [0.25, 0.3) is 0 Å². The molecule has 5 heteroatoms. The zero-order valence-corrected chi connectivity index (χ0v) is 21.6. The number of anilines is 2. The molecule has 1 atom stereocenters. The molecule has 1 saturated carbocycles. The third kappa shape index (κ3) is 4.72. The molecule has 1 aliphatic carbocycles. The monoisotopic (exact) mass is 465 g/mol. The zero-order chi connectivity index (χ0) is 23.0. The van der Waals surface area contributed by atoms with Crippen LogP contribution in [0.3, 0.4) is 0 Å². The highest BCUT2D eigenvalue weighted by atomic mass is 15.2. The Kier molecular flexibility index (Phi) is 6.77. The lowest BCUT2D eigenvalue weighted by Crippen LogP contribution is -2.51. The number of hydrogen-bond donors (Lipinski definition) is 0. The van der Waals surface area contributed by atoms with E-state index in [1.807, 2.05) is 0 Å². The van der Waals surface area contributed by atoms with Crippen LogP contribution in [0.1, 0.15) is 84.0 Å². The van der Waals surface area contributed by atoms with Crippen LogP contribution in [0.25, 0.3) is 0 Å². The Morgan fingerprint density at radius 2 is 1.44 bits per heavy atom. The number of likely N-dealkylation sites (tertiary alicyclic amines) is 2. The number of piperidine rings is 4. The number of hydrogen-bond acceptors (Lipinski definition) is 5. The molecule has 4 saturated heterocycles. The van der Waals surface area contributed by atoms with Crippen LogP contribution in [0.4, 0.5) is 11.5 Å². The van der Waals surface area contributed by atoms with Gasteiger partial charge in [-0.05, 0) is 108 Å². The van der Waals surface area contributed by atoms with Crippen molar-refractivity contribution in [2.45, 2.75) is 102 Å². The number of nitrogens with zero attached hydrogens (tertiary/aromatic N) is 5. The van der Waals surface area contributed by atoms with Gasteiger partial charge in [-0.2, -0.15) is 0 Å². The summed E-state index contributed by atoms with van der Waals surface area (Å²) in [5.41, 5.74) is 1.94. The van der Waals surface area contributed by atoms with Gasteiger partial charge >= 0.3 is 0 Å². The second-order valence-electron chi connectivity index (χ2n) is 12.3. The van der Waals surface area contributed by atoms with Crippen LogP contribution in [0.5, 0.6) is 0 Å². The lowest BCUT2D eigenvalue weighted by atomic mass is 9.70. The third-order valence-electron chi connectivity index (χ3n) is 10.5. The number of rotatable bonds is 4. The second kappa shape index (κ2) is 9.97. The first-order chi connectivity index (χ1) is 16.7. The fourth-order valence-corrected chi connectivity index (χ4v) is 7.70. The van der Waals surface area contributed by atoms with Crippen molar-refractivity contribution in [3.8, 4) is 0 Å². The summed E-state index contributed by atoms with van der Waals surface area (Å²) >= 11 is 0. The van der Waals surface area contributed by atoms with Crippen molar-refractivity contribution in [3.63, 3.8) is 0 Å². The Morgan fingerprint density at radius 1 is 0.706 bits per heavy atom. The molecule has 5 heterocycles. The molecule has 1 aromatic heterocycles. The second-order valence-corrected chi connectivity index (χ2v) is 12.3. The van der Waals surface area contributed by atoms with Crippen LogP contribution in [0, 0.1) is 5.41 Å². The maximum absolute atomic E-state index is 4.95. The molecule has 5 nitrogen and oxygen atoms in total. The molecular weight excluding hydrogens is 418 g/mol. The topological polar surface area (TPSA) is 25.9 Å². The van der Waals surface area contributed by atoms with Gasteiger partial charge in [-0.15, -0.1) is 0 Å². The van der Waals surface area contributed by atoms with Crippen molar-refractivity contribution >= 4 is 11.5 Å². The predicted molar refractivity (Wildman–Crippen MR) is 142 cm³/mol. The average Bonchev–Trinajstić information content (AvgIpc) is 2.86. The Morgan fingerprint density at radius 3 is 2.06 bits per heavy atom. The zero-order valence-electron chi connectivity index (χ0n) is 21.6. The molecule has 5 aliphatic rings. The molecule has 0 bridgehead atoms. The van der Waals surface area contributed by atoms with Gasteiger partial charge in [-0.25, -0.2) is 4.98 Å². The largest absolute Gasteiger partial charge is 0.370 e. The fourth-order valence-electron chi connectivity index (χ4n) is 7.70. The smallest absolute Gasteiger partial charge is 0.128 e. The van der Waals surface area contributed by atoms with Gasteiger partial charge in [0.05, 0.1) is 11.9 Å². The lowest BCUT2D eigenvalue weighted by molar-refractivity contribution is 0.0305. The molecule has 1 aromatic rings. The van der Waals surface area contributed by atoms with E-state index < -0.39 is 0 Å². The molecule has 5 fully saturated rings. The summed E-state index contributed by atoms with van der Waals surface area (Å²) in [4.78, 5) is 15.7. The summed E-state index contributed by atoms with van der Waals surface area (Å²) in [6.07, 6.45) is 18.9. The summed E-state index contributed by atoms with van der Waals surface area (Å²) in [7, 11) is 0. The van der Waals surface area contributed by atoms with Crippen LogP contribution in [-0.2, 0) is 0 Å². The minimum absolute atomic E-state index is 0.618.